The van der Waals surface area contributed by atoms with E-state index in [1.807, 2.05) is 29.2 Å². The van der Waals surface area contributed by atoms with E-state index in [4.69, 9.17) is 0 Å². The molecule has 0 spiro atoms. The number of fused-ring (bicyclic) bond motifs is 2. The summed E-state index contributed by atoms with van der Waals surface area (Å²) in [5, 5.41) is 2.10. The molecule has 1 atom stereocenters. The number of amides is 1. The molecule has 0 saturated heterocycles. The van der Waals surface area contributed by atoms with Crippen LogP contribution in [0.3, 0.4) is 0 Å². The first-order chi connectivity index (χ1) is 14.9. The molecule has 0 bridgehead atoms. The van der Waals surface area contributed by atoms with E-state index in [0.717, 1.165) is 30.4 Å². The molecule has 1 aromatic heterocycles. The van der Waals surface area contributed by atoms with Crippen LogP contribution in [0.5, 0.6) is 0 Å². The molecule has 3 heterocycles. The smallest absolute Gasteiger partial charge is 0.254 e. The zero-order valence-corrected chi connectivity index (χ0v) is 19.0. The number of rotatable bonds is 3. The first-order valence-corrected chi connectivity index (χ1v) is 13.2. The van der Waals surface area contributed by atoms with E-state index >= 15 is 0 Å². The Hall–Kier alpha value is -2.64. The predicted molar refractivity (Wildman–Crippen MR) is 124 cm³/mol. The molecule has 3 aromatic rings. The average Bonchev–Trinajstić information content (AvgIpc) is 3.26. The van der Waals surface area contributed by atoms with Crippen LogP contribution in [0.1, 0.15) is 44.4 Å². The van der Waals surface area contributed by atoms with Crippen molar-refractivity contribution in [1.82, 2.24) is 4.90 Å². The third kappa shape index (κ3) is 3.66. The highest BCUT2D eigenvalue weighted by atomic mass is 32.2. The normalized spacial score (nSPS) is 18.4. The first kappa shape index (κ1) is 20.3. The molecule has 2 aliphatic rings. The molecule has 5 rings (SSSR count). The van der Waals surface area contributed by atoms with Gasteiger partial charge in [-0.2, -0.15) is 0 Å². The summed E-state index contributed by atoms with van der Waals surface area (Å²) in [5.74, 6) is -0.00928. The highest BCUT2D eigenvalue weighted by Gasteiger charge is 2.34. The SMILES string of the molecule is CS(=O)(=O)N1CCCc2cc(C(=O)N3CCc4sccc4C3c3ccccc3)ccc21. The van der Waals surface area contributed by atoms with Gasteiger partial charge in [0.2, 0.25) is 10.0 Å². The van der Waals surface area contributed by atoms with Gasteiger partial charge >= 0.3 is 0 Å². The molecule has 7 heteroatoms. The summed E-state index contributed by atoms with van der Waals surface area (Å²) in [6, 6.07) is 17.7. The van der Waals surface area contributed by atoms with Crippen LogP contribution in [0.15, 0.2) is 60.0 Å². The van der Waals surface area contributed by atoms with E-state index in [0.29, 0.717) is 24.3 Å². The standard InChI is InChI=1S/C24H24N2O3S2/c1-31(28,29)26-13-5-8-18-16-19(9-10-21(18)26)24(27)25-14-11-22-20(12-15-30-22)23(25)17-6-3-2-4-7-17/h2-4,6-7,9-10,12,15-16,23H,5,8,11,13-14H2,1H3. The lowest BCUT2D eigenvalue weighted by Gasteiger charge is -2.37. The number of aryl methyl sites for hydroxylation is 1. The fraction of sp³-hybridized carbons (Fsp3) is 0.292. The molecule has 31 heavy (non-hydrogen) atoms. The quantitative estimate of drug-likeness (QED) is 0.597. The summed E-state index contributed by atoms with van der Waals surface area (Å²) in [7, 11) is -3.33. The van der Waals surface area contributed by atoms with Gasteiger partial charge in [0.1, 0.15) is 0 Å². The van der Waals surface area contributed by atoms with Crippen LogP contribution in [0.2, 0.25) is 0 Å². The molecule has 160 valence electrons. The lowest BCUT2D eigenvalue weighted by Crippen LogP contribution is -2.40. The van der Waals surface area contributed by atoms with Gasteiger partial charge < -0.3 is 4.90 Å². The second-order valence-corrected chi connectivity index (χ2v) is 11.1. The highest BCUT2D eigenvalue weighted by molar-refractivity contribution is 7.92. The topological polar surface area (TPSA) is 57.7 Å². The third-order valence-corrected chi connectivity index (χ3v) is 8.32. The fourth-order valence-corrected chi connectivity index (χ4v) is 6.64. The van der Waals surface area contributed by atoms with Gasteiger partial charge in [-0.1, -0.05) is 30.3 Å². The Labute approximate surface area is 187 Å². The fourth-order valence-electron chi connectivity index (χ4n) is 4.74. The number of hydrogen-bond donors (Lipinski definition) is 0. The van der Waals surface area contributed by atoms with Crippen molar-refractivity contribution in [3.63, 3.8) is 0 Å². The Bertz CT molecular complexity index is 1230. The lowest BCUT2D eigenvalue weighted by molar-refractivity contribution is 0.0696. The number of sulfonamides is 1. The van der Waals surface area contributed by atoms with Gasteiger partial charge in [0, 0.05) is 23.5 Å². The summed E-state index contributed by atoms with van der Waals surface area (Å²) >= 11 is 1.75. The minimum absolute atomic E-state index is 0.00928. The molecule has 1 amide bonds. The molecule has 2 aliphatic heterocycles. The molecule has 0 aliphatic carbocycles. The maximum Gasteiger partial charge on any atom is 0.254 e. The van der Waals surface area contributed by atoms with Gasteiger partial charge in [-0.05, 0) is 65.6 Å². The number of thiophene rings is 1. The van der Waals surface area contributed by atoms with E-state index in [-0.39, 0.29) is 11.9 Å². The van der Waals surface area contributed by atoms with Crippen LogP contribution in [-0.4, -0.2) is 38.6 Å². The number of benzene rings is 2. The minimum atomic E-state index is -3.33. The maximum absolute atomic E-state index is 13.7. The van der Waals surface area contributed by atoms with Crippen molar-refractivity contribution in [2.24, 2.45) is 0 Å². The van der Waals surface area contributed by atoms with Crippen LogP contribution < -0.4 is 4.31 Å². The molecule has 0 saturated carbocycles. The van der Waals surface area contributed by atoms with Crippen molar-refractivity contribution in [1.29, 1.82) is 0 Å². The molecule has 5 nitrogen and oxygen atoms in total. The lowest BCUT2D eigenvalue weighted by atomic mass is 9.92. The van der Waals surface area contributed by atoms with Crippen LogP contribution in [-0.2, 0) is 22.9 Å². The number of carbonyl (C=O) groups is 1. The molecule has 2 aromatic carbocycles. The summed E-state index contributed by atoms with van der Waals surface area (Å²) in [6.45, 7) is 1.15. The zero-order chi connectivity index (χ0) is 21.6. The van der Waals surface area contributed by atoms with E-state index < -0.39 is 10.0 Å². The molecule has 0 fully saturated rings. The second-order valence-electron chi connectivity index (χ2n) is 8.14. The summed E-state index contributed by atoms with van der Waals surface area (Å²) in [6.07, 6.45) is 3.62. The first-order valence-electron chi connectivity index (χ1n) is 10.5. The maximum atomic E-state index is 13.7. The van der Waals surface area contributed by atoms with Crippen LogP contribution in [0.25, 0.3) is 0 Å². The Morgan fingerprint density at radius 1 is 1.03 bits per heavy atom. The third-order valence-electron chi connectivity index (χ3n) is 6.14. The molecule has 0 radical (unpaired) electrons. The van der Waals surface area contributed by atoms with Crippen LogP contribution in [0.4, 0.5) is 5.69 Å². The number of nitrogens with zero attached hydrogens (tertiary/aromatic N) is 2. The second kappa shape index (κ2) is 7.80. The van der Waals surface area contributed by atoms with Gasteiger partial charge in [-0.25, -0.2) is 8.42 Å². The van der Waals surface area contributed by atoms with Crippen molar-refractivity contribution in [2.45, 2.75) is 25.3 Å². The number of anilines is 1. The Morgan fingerprint density at radius 3 is 2.61 bits per heavy atom. The summed E-state index contributed by atoms with van der Waals surface area (Å²) in [4.78, 5) is 17.0. The number of hydrogen-bond acceptors (Lipinski definition) is 4. The van der Waals surface area contributed by atoms with E-state index in [1.54, 1.807) is 23.5 Å². The average molecular weight is 453 g/mol. The Morgan fingerprint density at radius 2 is 1.84 bits per heavy atom. The van der Waals surface area contributed by atoms with Crippen molar-refractivity contribution in [2.75, 3.05) is 23.7 Å². The number of carbonyl (C=O) groups excluding carboxylic acids is 1. The van der Waals surface area contributed by atoms with Gasteiger partial charge in [0.25, 0.3) is 5.91 Å². The highest BCUT2D eigenvalue weighted by Crippen LogP contribution is 2.39. The van der Waals surface area contributed by atoms with Crippen LogP contribution in [0, 0.1) is 0 Å². The largest absolute Gasteiger partial charge is 0.327 e. The van der Waals surface area contributed by atoms with Gasteiger partial charge in [-0.15, -0.1) is 11.3 Å². The van der Waals surface area contributed by atoms with Crippen molar-refractivity contribution in [3.05, 3.63) is 87.1 Å². The molecule has 0 N–H and O–H groups in total. The minimum Gasteiger partial charge on any atom is -0.327 e. The monoisotopic (exact) mass is 452 g/mol. The molecular weight excluding hydrogens is 428 g/mol. The summed E-state index contributed by atoms with van der Waals surface area (Å²) < 4.78 is 25.8. The molecule has 1 unspecified atom stereocenters. The van der Waals surface area contributed by atoms with Crippen molar-refractivity contribution >= 4 is 33.0 Å². The Balaban J connectivity index is 1.52. The van der Waals surface area contributed by atoms with E-state index in [2.05, 4.69) is 23.6 Å². The Kier molecular flexibility index (Phi) is 5.10. The van der Waals surface area contributed by atoms with Crippen LogP contribution >= 0.6 is 11.3 Å². The van der Waals surface area contributed by atoms with E-state index in [9.17, 15) is 13.2 Å². The summed E-state index contributed by atoms with van der Waals surface area (Å²) in [5.41, 5.74) is 4.55. The molecular formula is C24H24N2O3S2. The van der Waals surface area contributed by atoms with Crippen molar-refractivity contribution in [3.8, 4) is 0 Å². The van der Waals surface area contributed by atoms with Gasteiger partial charge in [0.05, 0.1) is 18.0 Å². The van der Waals surface area contributed by atoms with Crippen molar-refractivity contribution < 1.29 is 13.2 Å². The zero-order valence-electron chi connectivity index (χ0n) is 17.3. The van der Waals surface area contributed by atoms with E-state index in [1.165, 1.54) is 21.0 Å². The van der Waals surface area contributed by atoms with Gasteiger partial charge in [0.15, 0.2) is 0 Å². The predicted octanol–water partition coefficient (Wildman–Crippen LogP) is 4.25. The van der Waals surface area contributed by atoms with Gasteiger partial charge in [-0.3, -0.25) is 9.10 Å².